The molecule has 6 heteroatoms. The van der Waals surface area contributed by atoms with Crippen LogP contribution in [0.2, 0.25) is 0 Å². The Labute approximate surface area is 124 Å². The van der Waals surface area contributed by atoms with Crippen molar-refractivity contribution in [3.8, 4) is 0 Å². The summed E-state index contributed by atoms with van der Waals surface area (Å²) in [5, 5.41) is 4.91. The smallest absolute Gasteiger partial charge is 0.271 e. The van der Waals surface area contributed by atoms with E-state index in [1.165, 1.54) is 17.4 Å². The van der Waals surface area contributed by atoms with Gasteiger partial charge >= 0.3 is 0 Å². The molecule has 0 amide bonds. The lowest BCUT2D eigenvalue weighted by atomic mass is 10.3. The van der Waals surface area contributed by atoms with E-state index in [1.54, 1.807) is 29.1 Å². The van der Waals surface area contributed by atoms with Crippen molar-refractivity contribution in [2.45, 2.75) is 13.5 Å². The molecule has 1 aromatic carbocycles. The first-order valence-corrected chi connectivity index (χ1v) is 7.46. The lowest BCUT2D eigenvalue weighted by Gasteiger charge is -2.09. The summed E-state index contributed by atoms with van der Waals surface area (Å²) in [6, 6.07) is 6.47. The molecule has 108 valence electrons. The van der Waals surface area contributed by atoms with Crippen LogP contribution in [0.3, 0.4) is 0 Å². The first kappa shape index (κ1) is 13.8. The van der Waals surface area contributed by atoms with Crippen LogP contribution in [0.4, 0.5) is 10.1 Å². The number of fused-ring (bicyclic) bond motifs is 1. The molecule has 0 aliphatic heterocycles. The third kappa shape index (κ3) is 2.67. The van der Waals surface area contributed by atoms with E-state index in [4.69, 9.17) is 0 Å². The maximum absolute atomic E-state index is 13.5. The van der Waals surface area contributed by atoms with Crippen molar-refractivity contribution < 1.29 is 4.39 Å². The number of rotatable bonds is 4. The molecular weight excluding hydrogens is 289 g/mol. The zero-order valence-electron chi connectivity index (χ0n) is 11.5. The van der Waals surface area contributed by atoms with Gasteiger partial charge in [0.25, 0.3) is 5.56 Å². The predicted octanol–water partition coefficient (Wildman–Crippen LogP) is 3.02. The van der Waals surface area contributed by atoms with E-state index in [0.717, 1.165) is 11.1 Å². The molecule has 0 aliphatic rings. The van der Waals surface area contributed by atoms with E-state index in [9.17, 15) is 9.18 Å². The summed E-state index contributed by atoms with van der Waals surface area (Å²) in [5.74, 6) is -0.299. The summed E-state index contributed by atoms with van der Waals surface area (Å²) in [6.07, 6.45) is 1.55. The number of anilines is 1. The Morgan fingerprint density at radius 1 is 1.38 bits per heavy atom. The van der Waals surface area contributed by atoms with Gasteiger partial charge in [-0.2, -0.15) is 0 Å². The first-order valence-electron chi connectivity index (χ1n) is 6.58. The van der Waals surface area contributed by atoms with Gasteiger partial charge in [0, 0.05) is 13.1 Å². The fourth-order valence-corrected chi connectivity index (χ4v) is 3.08. The molecule has 2 heterocycles. The summed E-state index contributed by atoms with van der Waals surface area (Å²) in [5.41, 5.74) is 2.17. The topological polar surface area (TPSA) is 46.9 Å². The molecule has 4 nitrogen and oxygen atoms in total. The zero-order valence-corrected chi connectivity index (χ0v) is 12.3. The van der Waals surface area contributed by atoms with E-state index in [2.05, 4.69) is 10.3 Å². The van der Waals surface area contributed by atoms with Gasteiger partial charge in [-0.05, 0) is 30.0 Å². The van der Waals surface area contributed by atoms with E-state index >= 15 is 0 Å². The van der Waals surface area contributed by atoms with Gasteiger partial charge in [0.15, 0.2) is 0 Å². The Bertz CT molecular complexity index is 840. The molecule has 0 atom stereocenters. The molecule has 0 saturated carbocycles. The number of aryl methyl sites for hydroxylation is 1. The highest BCUT2D eigenvalue weighted by molar-refractivity contribution is 7.17. The number of hydrogen-bond acceptors (Lipinski definition) is 4. The van der Waals surface area contributed by atoms with Crippen LogP contribution < -0.4 is 10.9 Å². The minimum absolute atomic E-state index is 0.0477. The van der Waals surface area contributed by atoms with Crippen LogP contribution in [0.15, 0.2) is 40.8 Å². The molecular formula is C15H14FN3OS. The maximum atomic E-state index is 13.5. The number of aromatic nitrogens is 2. The van der Waals surface area contributed by atoms with Crippen molar-refractivity contribution in [1.29, 1.82) is 0 Å². The molecule has 0 fully saturated rings. The summed E-state index contributed by atoms with van der Waals surface area (Å²) in [4.78, 5) is 16.6. The molecule has 21 heavy (non-hydrogen) atoms. The van der Waals surface area contributed by atoms with Crippen molar-refractivity contribution in [2.75, 3.05) is 11.9 Å². The van der Waals surface area contributed by atoms with Crippen LogP contribution in [0.1, 0.15) is 5.56 Å². The van der Waals surface area contributed by atoms with Crippen LogP contribution in [-0.4, -0.2) is 16.1 Å². The predicted molar refractivity (Wildman–Crippen MR) is 83.5 cm³/mol. The first-order chi connectivity index (χ1) is 10.2. The van der Waals surface area contributed by atoms with E-state index in [-0.39, 0.29) is 11.4 Å². The molecule has 0 saturated heterocycles. The number of para-hydroxylation sites is 1. The second-order valence-corrected chi connectivity index (χ2v) is 5.63. The maximum Gasteiger partial charge on any atom is 0.271 e. The third-order valence-electron chi connectivity index (χ3n) is 3.27. The zero-order chi connectivity index (χ0) is 14.8. The monoisotopic (exact) mass is 303 g/mol. The molecule has 2 aromatic heterocycles. The number of nitrogens with one attached hydrogen (secondary N) is 1. The summed E-state index contributed by atoms with van der Waals surface area (Å²) in [6.45, 7) is 2.83. The van der Waals surface area contributed by atoms with Gasteiger partial charge in [-0.25, -0.2) is 9.37 Å². The van der Waals surface area contributed by atoms with Crippen molar-refractivity contribution in [1.82, 2.24) is 9.55 Å². The van der Waals surface area contributed by atoms with Crippen LogP contribution in [0, 0.1) is 12.7 Å². The molecule has 3 aromatic rings. The minimum Gasteiger partial charge on any atom is -0.381 e. The van der Waals surface area contributed by atoms with E-state index < -0.39 is 0 Å². The van der Waals surface area contributed by atoms with Crippen molar-refractivity contribution in [3.63, 3.8) is 0 Å². The number of halogens is 1. The summed E-state index contributed by atoms with van der Waals surface area (Å²) >= 11 is 1.41. The summed E-state index contributed by atoms with van der Waals surface area (Å²) in [7, 11) is 0. The fraction of sp³-hybridized carbons (Fsp3) is 0.200. The number of hydrogen-bond donors (Lipinski definition) is 1. The highest BCUT2D eigenvalue weighted by atomic mass is 32.1. The molecule has 0 bridgehead atoms. The Morgan fingerprint density at radius 3 is 3.00 bits per heavy atom. The van der Waals surface area contributed by atoms with Gasteiger partial charge in [0.05, 0.1) is 17.5 Å². The Kier molecular flexibility index (Phi) is 3.70. The van der Waals surface area contributed by atoms with Gasteiger partial charge in [0.1, 0.15) is 10.5 Å². The van der Waals surface area contributed by atoms with Gasteiger partial charge in [-0.1, -0.05) is 12.1 Å². The Morgan fingerprint density at radius 2 is 2.19 bits per heavy atom. The van der Waals surface area contributed by atoms with Gasteiger partial charge < -0.3 is 5.32 Å². The van der Waals surface area contributed by atoms with Crippen LogP contribution >= 0.6 is 11.3 Å². The van der Waals surface area contributed by atoms with Crippen LogP contribution in [-0.2, 0) is 6.54 Å². The molecule has 3 rings (SSSR count). The van der Waals surface area contributed by atoms with Crippen molar-refractivity contribution >= 4 is 27.2 Å². The normalized spacial score (nSPS) is 11.0. The van der Waals surface area contributed by atoms with Crippen molar-refractivity contribution in [2.24, 2.45) is 0 Å². The number of thiophene rings is 1. The Balaban J connectivity index is 1.75. The van der Waals surface area contributed by atoms with Gasteiger partial charge in [-0.3, -0.25) is 9.36 Å². The second-order valence-electron chi connectivity index (χ2n) is 4.75. The van der Waals surface area contributed by atoms with Gasteiger partial charge in [0.2, 0.25) is 0 Å². The average molecular weight is 303 g/mol. The van der Waals surface area contributed by atoms with Gasteiger partial charge in [-0.15, -0.1) is 11.3 Å². The highest BCUT2D eigenvalue weighted by Gasteiger charge is 2.08. The largest absolute Gasteiger partial charge is 0.381 e. The molecule has 0 aliphatic carbocycles. The second kappa shape index (κ2) is 5.65. The van der Waals surface area contributed by atoms with Crippen molar-refractivity contribution in [3.05, 3.63) is 57.7 Å². The highest BCUT2D eigenvalue weighted by Crippen LogP contribution is 2.19. The quantitative estimate of drug-likeness (QED) is 0.806. The molecule has 0 spiro atoms. The molecule has 0 radical (unpaired) electrons. The Hall–Kier alpha value is -2.21. The average Bonchev–Trinajstić information content (AvgIpc) is 2.86. The molecule has 1 N–H and O–H groups in total. The minimum atomic E-state index is -0.299. The summed E-state index contributed by atoms with van der Waals surface area (Å²) < 4.78 is 15.7. The lowest BCUT2D eigenvalue weighted by molar-refractivity contribution is 0.626. The standard InChI is InChI=1S/C15H14FN3OS/c1-10-8-21-14-13(10)18-9-19(15(14)20)7-6-17-12-5-3-2-4-11(12)16/h2-5,8-9,17H,6-7H2,1H3. The third-order valence-corrected chi connectivity index (χ3v) is 4.34. The fourth-order valence-electron chi connectivity index (χ4n) is 2.14. The van der Waals surface area contributed by atoms with Crippen LogP contribution in [0.5, 0.6) is 0 Å². The lowest BCUT2D eigenvalue weighted by Crippen LogP contribution is -2.23. The van der Waals surface area contributed by atoms with E-state index in [0.29, 0.717) is 23.5 Å². The number of nitrogens with zero attached hydrogens (tertiary/aromatic N) is 2. The SMILES string of the molecule is Cc1csc2c(=O)n(CCNc3ccccc3F)cnc12. The van der Waals surface area contributed by atoms with Crippen LogP contribution in [0.25, 0.3) is 10.2 Å². The molecule has 0 unspecified atom stereocenters. The number of benzene rings is 1. The van der Waals surface area contributed by atoms with E-state index in [1.807, 2.05) is 12.3 Å².